The molecule has 4 bridgehead atoms. The predicted octanol–water partition coefficient (Wildman–Crippen LogP) is 4.61. The number of hydrogen-bond donors (Lipinski definition) is 0. The summed E-state index contributed by atoms with van der Waals surface area (Å²) in [5.41, 5.74) is 3.43. The van der Waals surface area contributed by atoms with Crippen LogP contribution in [0.5, 0.6) is 0 Å². The van der Waals surface area contributed by atoms with E-state index in [2.05, 4.69) is 30.3 Å². The average Bonchev–Trinajstić information content (AvgIpc) is 3.70. The van der Waals surface area contributed by atoms with E-state index in [-0.39, 0.29) is 59.8 Å². The van der Waals surface area contributed by atoms with E-state index in [0.717, 1.165) is 24.8 Å². The molecule has 194 valence electrons. The van der Waals surface area contributed by atoms with E-state index in [4.69, 9.17) is 23.7 Å². The largest absolute Gasteiger partial charge is 0.465 e. The normalized spacial score (nSPS) is 38.8. The van der Waals surface area contributed by atoms with Crippen molar-refractivity contribution >= 4 is 5.97 Å². The minimum atomic E-state index is -0.279. The summed E-state index contributed by atoms with van der Waals surface area (Å²) in [6, 6.07) is 20.6. The highest BCUT2D eigenvalue weighted by Gasteiger charge is 2.71. The summed E-state index contributed by atoms with van der Waals surface area (Å²) in [4.78, 5) is 11.9. The smallest absolute Gasteiger partial charge is 0.302 e. The van der Waals surface area contributed by atoms with Crippen LogP contribution in [0.3, 0.4) is 0 Å². The molecular weight excluding hydrogens is 468 g/mol. The first-order chi connectivity index (χ1) is 18.1. The molecule has 4 aliphatic heterocycles. The third-order valence-electron chi connectivity index (χ3n) is 9.26. The topological polar surface area (TPSA) is 63.2 Å². The summed E-state index contributed by atoms with van der Waals surface area (Å²) in [7, 11) is 0. The average molecular weight is 503 g/mol. The number of benzene rings is 2. The molecule has 6 heteroatoms. The van der Waals surface area contributed by atoms with Gasteiger partial charge in [0.2, 0.25) is 0 Å². The van der Waals surface area contributed by atoms with Crippen molar-refractivity contribution in [2.24, 2.45) is 17.3 Å². The van der Waals surface area contributed by atoms with E-state index in [0.29, 0.717) is 19.8 Å². The zero-order chi connectivity index (χ0) is 25.0. The maximum Gasteiger partial charge on any atom is 0.302 e. The molecule has 6 nitrogen and oxygen atoms in total. The number of fused-ring (bicyclic) bond motifs is 11. The number of allylic oxidation sites excluding steroid dienone is 1. The maximum atomic E-state index is 11.9. The molecule has 7 rings (SSSR count). The Morgan fingerprint density at radius 2 is 1.54 bits per heavy atom. The molecule has 0 spiro atoms. The zero-order valence-electron chi connectivity index (χ0n) is 21.2. The summed E-state index contributed by atoms with van der Waals surface area (Å²) < 4.78 is 31.7. The van der Waals surface area contributed by atoms with E-state index in [1.807, 2.05) is 36.4 Å². The Hall–Kier alpha value is -2.51. The van der Waals surface area contributed by atoms with Gasteiger partial charge in [0, 0.05) is 37.0 Å². The summed E-state index contributed by atoms with van der Waals surface area (Å²) in [6.07, 6.45) is 5.12. The fourth-order valence-electron chi connectivity index (χ4n) is 7.77. The summed E-state index contributed by atoms with van der Waals surface area (Å²) >= 11 is 0. The highest BCUT2D eigenvalue weighted by atomic mass is 16.6. The van der Waals surface area contributed by atoms with Crippen molar-refractivity contribution in [1.29, 1.82) is 0 Å². The van der Waals surface area contributed by atoms with Gasteiger partial charge in [0.05, 0.1) is 43.7 Å². The first kappa shape index (κ1) is 23.6. The van der Waals surface area contributed by atoms with Gasteiger partial charge in [-0.3, -0.25) is 4.79 Å². The van der Waals surface area contributed by atoms with Gasteiger partial charge in [-0.15, -0.1) is 0 Å². The minimum Gasteiger partial charge on any atom is -0.465 e. The molecular formula is C31H34O6. The predicted molar refractivity (Wildman–Crippen MR) is 135 cm³/mol. The lowest BCUT2D eigenvalue weighted by Crippen LogP contribution is -2.56. The van der Waals surface area contributed by atoms with Crippen molar-refractivity contribution in [2.45, 2.75) is 76.0 Å². The molecule has 0 aromatic heterocycles. The van der Waals surface area contributed by atoms with Gasteiger partial charge in [0.1, 0.15) is 12.7 Å². The lowest BCUT2D eigenvalue weighted by Gasteiger charge is -2.50. The van der Waals surface area contributed by atoms with E-state index in [9.17, 15) is 4.79 Å². The van der Waals surface area contributed by atoms with Gasteiger partial charge < -0.3 is 23.7 Å². The Kier molecular flexibility index (Phi) is 5.96. The van der Waals surface area contributed by atoms with Gasteiger partial charge in [-0.1, -0.05) is 66.7 Å². The summed E-state index contributed by atoms with van der Waals surface area (Å²) in [5.74, 6) is 0.306. The summed E-state index contributed by atoms with van der Waals surface area (Å²) in [5, 5.41) is 0. The van der Waals surface area contributed by atoms with Crippen molar-refractivity contribution < 1.29 is 28.5 Å². The Morgan fingerprint density at radius 1 is 0.892 bits per heavy atom. The third-order valence-corrected chi connectivity index (χ3v) is 9.26. The van der Waals surface area contributed by atoms with Crippen LogP contribution in [0.25, 0.3) is 0 Å². The van der Waals surface area contributed by atoms with Crippen LogP contribution < -0.4 is 0 Å². The van der Waals surface area contributed by atoms with Gasteiger partial charge in [-0.05, 0) is 23.1 Å². The van der Waals surface area contributed by atoms with E-state index < -0.39 is 0 Å². The van der Waals surface area contributed by atoms with Gasteiger partial charge in [-0.25, -0.2) is 0 Å². The van der Waals surface area contributed by atoms with Crippen LogP contribution in [0.2, 0.25) is 0 Å². The molecule has 2 aromatic carbocycles. The molecule has 0 amide bonds. The van der Waals surface area contributed by atoms with Crippen LogP contribution in [0.1, 0.15) is 37.3 Å². The number of esters is 1. The van der Waals surface area contributed by atoms with E-state index in [1.165, 1.54) is 18.1 Å². The Labute approximate surface area is 217 Å². The molecule has 0 radical (unpaired) electrons. The second-order valence-corrected chi connectivity index (χ2v) is 11.3. The lowest BCUT2D eigenvalue weighted by molar-refractivity contribution is -0.152. The van der Waals surface area contributed by atoms with Crippen LogP contribution >= 0.6 is 0 Å². The quantitative estimate of drug-likeness (QED) is 0.388. The zero-order valence-corrected chi connectivity index (χ0v) is 21.2. The third kappa shape index (κ3) is 3.97. The number of hydrogen-bond acceptors (Lipinski definition) is 6. The first-order valence-corrected chi connectivity index (χ1v) is 13.6. The monoisotopic (exact) mass is 502 g/mol. The minimum absolute atomic E-state index is 0.00609. The highest BCUT2D eigenvalue weighted by molar-refractivity contribution is 5.66. The number of rotatable bonds is 8. The van der Waals surface area contributed by atoms with Crippen LogP contribution in [-0.4, -0.2) is 49.2 Å². The van der Waals surface area contributed by atoms with Gasteiger partial charge in [0.25, 0.3) is 0 Å². The molecule has 4 saturated heterocycles. The van der Waals surface area contributed by atoms with Gasteiger partial charge >= 0.3 is 5.97 Å². The number of carbonyl (C=O) groups excluding carboxylic acids is 1. The highest BCUT2D eigenvalue weighted by Crippen LogP contribution is 2.65. The fourth-order valence-corrected chi connectivity index (χ4v) is 7.77. The van der Waals surface area contributed by atoms with Crippen molar-refractivity contribution in [3.05, 3.63) is 83.4 Å². The van der Waals surface area contributed by atoms with Crippen molar-refractivity contribution in [3.8, 4) is 0 Å². The molecule has 4 fully saturated rings. The fraction of sp³-hybridized carbons (Fsp3) is 0.516. The van der Waals surface area contributed by atoms with Crippen molar-refractivity contribution in [2.75, 3.05) is 6.61 Å². The molecule has 0 saturated carbocycles. The number of carbonyl (C=O) groups is 1. The van der Waals surface area contributed by atoms with Crippen LogP contribution in [0.4, 0.5) is 0 Å². The van der Waals surface area contributed by atoms with Crippen LogP contribution in [-0.2, 0) is 41.7 Å². The standard InChI is InChI=1S/C31H34O6/c1-19(32)35-18-31-13-12-22-27(23-14-25(29(22)36-23)33-16-20-8-4-2-5-9-20)28(31)24-15-26(30(31)37-24)34-17-21-10-6-3-7-11-21/h2-12,23-30H,13-18H2,1H3/t23-,24-,25-,26-,27+,28+,29-,30+,31+/m1/s1. The first-order valence-electron chi connectivity index (χ1n) is 13.6. The molecule has 0 unspecified atom stereocenters. The Balaban J connectivity index is 1.11. The SMILES string of the molecule is CC(=O)OC[C@@]12CC=C3[C@H]([C@@H]1[C@H]1C[C@@H](OCc4ccccc4)[C@@H]2O1)[C@H]1C[C@@H](OCc2ccccc2)[C@@H]3O1. The van der Waals surface area contributed by atoms with Crippen LogP contribution in [0, 0.1) is 17.3 Å². The molecule has 4 heterocycles. The molecule has 5 aliphatic rings. The molecule has 0 N–H and O–H groups in total. The molecule has 37 heavy (non-hydrogen) atoms. The second-order valence-electron chi connectivity index (χ2n) is 11.3. The van der Waals surface area contributed by atoms with Gasteiger partial charge in [-0.2, -0.15) is 0 Å². The number of ether oxygens (including phenoxy) is 5. The Bertz CT molecular complexity index is 1160. The maximum absolute atomic E-state index is 11.9. The second kappa shape index (κ2) is 9.35. The van der Waals surface area contributed by atoms with Crippen molar-refractivity contribution in [1.82, 2.24) is 0 Å². The van der Waals surface area contributed by atoms with E-state index in [1.54, 1.807) is 0 Å². The van der Waals surface area contributed by atoms with Crippen LogP contribution in [0.15, 0.2) is 72.3 Å². The lowest BCUT2D eigenvalue weighted by atomic mass is 9.53. The molecule has 1 aliphatic carbocycles. The summed E-state index contributed by atoms with van der Waals surface area (Å²) in [6.45, 7) is 3.02. The molecule has 9 atom stereocenters. The van der Waals surface area contributed by atoms with Gasteiger partial charge in [0.15, 0.2) is 0 Å². The van der Waals surface area contributed by atoms with Crippen molar-refractivity contribution in [3.63, 3.8) is 0 Å². The molecule has 2 aromatic rings. The van der Waals surface area contributed by atoms with E-state index >= 15 is 0 Å². The Morgan fingerprint density at radius 3 is 2.22 bits per heavy atom.